The summed E-state index contributed by atoms with van der Waals surface area (Å²) in [4.78, 5) is 7.11. The quantitative estimate of drug-likeness (QED) is 0.361. The van der Waals surface area contributed by atoms with Gasteiger partial charge in [0.05, 0.1) is 18.8 Å². The molecule has 9 nitrogen and oxygen atoms in total. The number of nitrogens with one attached hydrogen (secondary N) is 2. The van der Waals surface area contributed by atoms with E-state index in [9.17, 15) is 0 Å². The van der Waals surface area contributed by atoms with Gasteiger partial charge in [0.15, 0.2) is 11.8 Å². The Bertz CT molecular complexity index is 595. The zero-order valence-electron chi connectivity index (χ0n) is 17.4. The highest BCUT2D eigenvalue weighted by Crippen LogP contribution is 2.05. The highest BCUT2D eigenvalue weighted by atomic mass is 16.5. The lowest BCUT2D eigenvalue weighted by Crippen LogP contribution is -2.46. The van der Waals surface area contributed by atoms with E-state index in [4.69, 9.17) is 9.47 Å². The molecule has 1 aliphatic heterocycles. The minimum absolute atomic E-state index is 0.266. The van der Waals surface area contributed by atoms with Crippen LogP contribution in [0, 0.1) is 6.92 Å². The van der Waals surface area contributed by atoms with Gasteiger partial charge in [-0.25, -0.2) is 4.99 Å². The number of nitrogens with zero attached hydrogens (tertiary/aromatic N) is 5. The first-order valence-corrected chi connectivity index (χ1v) is 9.63. The largest absolute Gasteiger partial charge is 0.379 e. The zero-order valence-corrected chi connectivity index (χ0v) is 17.4. The normalized spacial score (nSPS) is 16.6. The number of hydrogen-bond acceptors (Lipinski definition) is 6. The van der Waals surface area contributed by atoms with Gasteiger partial charge >= 0.3 is 0 Å². The van der Waals surface area contributed by atoms with Gasteiger partial charge in [-0.15, -0.1) is 10.2 Å². The Morgan fingerprint density at radius 3 is 2.63 bits per heavy atom. The number of ether oxygens (including phenoxy) is 2. The number of aliphatic imine (C=N–C) groups is 1. The second-order valence-electron chi connectivity index (χ2n) is 7.44. The number of methoxy groups -OCH3 is 1. The van der Waals surface area contributed by atoms with E-state index in [2.05, 4.69) is 30.7 Å². The maximum Gasteiger partial charge on any atom is 0.191 e. The maximum atomic E-state index is 5.49. The monoisotopic (exact) mass is 381 g/mol. The summed E-state index contributed by atoms with van der Waals surface area (Å²) < 4.78 is 12.8. The molecule has 2 N–H and O–H groups in total. The second kappa shape index (κ2) is 10.6. The third kappa shape index (κ3) is 7.43. The Balaban J connectivity index is 1.85. The lowest BCUT2D eigenvalue weighted by Gasteiger charge is -2.27. The van der Waals surface area contributed by atoms with Crippen LogP contribution in [0.15, 0.2) is 4.99 Å². The Labute approximate surface area is 162 Å². The van der Waals surface area contributed by atoms with Crippen molar-refractivity contribution in [3.63, 3.8) is 0 Å². The van der Waals surface area contributed by atoms with Crippen LogP contribution in [0.5, 0.6) is 0 Å². The number of aromatic nitrogens is 3. The van der Waals surface area contributed by atoms with Crippen LogP contribution in [0.2, 0.25) is 0 Å². The third-order valence-electron chi connectivity index (χ3n) is 4.84. The summed E-state index contributed by atoms with van der Waals surface area (Å²) in [5, 5.41) is 15.1. The first-order valence-electron chi connectivity index (χ1n) is 9.63. The summed E-state index contributed by atoms with van der Waals surface area (Å²) in [5.41, 5.74) is -0.266. The van der Waals surface area contributed by atoms with E-state index in [1.165, 1.54) is 0 Å². The number of morpholine rings is 1. The molecule has 2 rings (SSSR count). The van der Waals surface area contributed by atoms with Crippen molar-refractivity contribution in [1.82, 2.24) is 30.3 Å². The molecule has 0 aromatic carbocycles. The minimum Gasteiger partial charge on any atom is -0.379 e. The topological polar surface area (TPSA) is 88.8 Å². The van der Waals surface area contributed by atoms with Crippen molar-refractivity contribution < 1.29 is 9.47 Å². The van der Waals surface area contributed by atoms with Crippen molar-refractivity contribution in [2.24, 2.45) is 12.0 Å². The van der Waals surface area contributed by atoms with Gasteiger partial charge in [-0.2, -0.15) is 0 Å². The van der Waals surface area contributed by atoms with Crippen LogP contribution in [0.4, 0.5) is 0 Å². The average Bonchev–Trinajstić information content (AvgIpc) is 2.99. The van der Waals surface area contributed by atoms with Gasteiger partial charge in [0.25, 0.3) is 0 Å². The highest BCUT2D eigenvalue weighted by Gasteiger charge is 2.17. The Morgan fingerprint density at radius 1 is 1.26 bits per heavy atom. The molecule has 154 valence electrons. The zero-order chi connectivity index (χ0) is 19.7. The van der Waals surface area contributed by atoms with Gasteiger partial charge in [0.2, 0.25) is 0 Å². The first kappa shape index (κ1) is 21.6. The molecule has 1 aromatic heterocycles. The molecule has 1 aliphatic rings. The predicted octanol–water partition coefficient (Wildman–Crippen LogP) is 0.306. The molecule has 0 radical (unpaired) electrons. The van der Waals surface area contributed by atoms with Gasteiger partial charge in [0.1, 0.15) is 12.4 Å². The first-order chi connectivity index (χ1) is 12.9. The van der Waals surface area contributed by atoms with Crippen molar-refractivity contribution in [3.05, 3.63) is 11.6 Å². The van der Waals surface area contributed by atoms with Crippen molar-refractivity contribution in [1.29, 1.82) is 0 Å². The van der Waals surface area contributed by atoms with Crippen LogP contribution in [-0.2, 0) is 23.1 Å². The number of guanidine groups is 1. The molecule has 1 aromatic rings. The summed E-state index contributed by atoms with van der Waals surface area (Å²) in [6.45, 7) is 12.8. The summed E-state index contributed by atoms with van der Waals surface area (Å²) in [5.74, 6) is 2.49. The SMILES string of the molecule is COC(C)(C)CNC(=NCc1nnc(C)n1C)NCCCN1CCOCC1. The Morgan fingerprint density at radius 2 is 2.00 bits per heavy atom. The van der Waals surface area contributed by atoms with E-state index in [1.807, 2.05) is 32.4 Å². The molecular weight excluding hydrogens is 346 g/mol. The lowest BCUT2D eigenvalue weighted by atomic mass is 10.1. The maximum absolute atomic E-state index is 5.49. The number of rotatable bonds is 9. The van der Waals surface area contributed by atoms with Crippen LogP contribution in [0.25, 0.3) is 0 Å². The molecule has 1 fully saturated rings. The molecule has 9 heteroatoms. The van der Waals surface area contributed by atoms with Crippen LogP contribution in [0.1, 0.15) is 31.9 Å². The van der Waals surface area contributed by atoms with Crippen molar-refractivity contribution in [2.45, 2.75) is 39.3 Å². The molecule has 0 unspecified atom stereocenters. The summed E-state index contributed by atoms with van der Waals surface area (Å²) in [6.07, 6.45) is 1.05. The molecule has 2 heterocycles. The molecule has 0 atom stereocenters. The van der Waals surface area contributed by atoms with Crippen molar-refractivity contribution in [2.75, 3.05) is 53.0 Å². The molecule has 0 amide bonds. The minimum atomic E-state index is -0.266. The molecule has 0 spiro atoms. The number of hydrogen-bond donors (Lipinski definition) is 2. The van der Waals surface area contributed by atoms with Gasteiger partial charge in [-0.3, -0.25) is 4.90 Å². The molecular formula is C18H35N7O2. The summed E-state index contributed by atoms with van der Waals surface area (Å²) >= 11 is 0. The predicted molar refractivity (Wildman–Crippen MR) is 106 cm³/mol. The lowest BCUT2D eigenvalue weighted by molar-refractivity contribution is 0.0268. The van der Waals surface area contributed by atoms with E-state index in [0.29, 0.717) is 13.1 Å². The van der Waals surface area contributed by atoms with Gasteiger partial charge in [-0.1, -0.05) is 0 Å². The molecule has 0 aliphatic carbocycles. The molecule has 0 bridgehead atoms. The fraction of sp³-hybridized carbons (Fsp3) is 0.833. The van der Waals surface area contributed by atoms with E-state index in [-0.39, 0.29) is 5.60 Å². The highest BCUT2D eigenvalue weighted by molar-refractivity contribution is 5.79. The van der Waals surface area contributed by atoms with E-state index in [0.717, 1.165) is 63.4 Å². The fourth-order valence-electron chi connectivity index (χ4n) is 2.62. The van der Waals surface area contributed by atoms with E-state index < -0.39 is 0 Å². The van der Waals surface area contributed by atoms with Gasteiger partial charge in [-0.05, 0) is 33.7 Å². The summed E-state index contributed by atoms with van der Waals surface area (Å²) in [6, 6.07) is 0. The van der Waals surface area contributed by atoms with Crippen LogP contribution >= 0.6 is 0 Å². The molecule has 1 saturated heterocycles. The smallest absolute Gasteiger partial charge is 0.191 e. The van der Waals surface area contributed by atoms with Crippen LogP contribution in [0.3, 0.4) is 0 Å². The van der Waals surface area contributed by atoms with Gasteiger partial charge < -0.3 is 24.7 Å². The van der Waals surface area contributed by atoms with Gasteiger partial charge in [0, 0.05) is 40.3 Å². The fourth-order valence-corrected chi connectivity index (χ4v) is 2.62. The number of aryl methyl sites for hydroxylation is 1. The van der Waals surface area contributed by atoms with Crippen LogP contribution < -0.4 is 10.6 Å². The van der Waals surface area contributed by atoms with Crippen molar-refractivity contribution in [3.8, 4) is 0 Å². The standard InChI is InChI=1S/C18H35N7O2/c1-15-22-23-16(24(15)4)13-20-17(21-14-18(2,3)26-5)19-7-6-8-25-9-11-27-12-10-25/h6-14H2,1-5H3,(H2,19,20,21). The van der Waals surface area contributed by atoms with Crippen molar-refractivity contribution >= 4 is 5.96 Å². The second-order valence-corrected chi connectivity index (χ2v) is 7.44. The average molecular weight is 382 g/mol. The van der Waals surface area contributed by atoms with E-state index >= 15 is 0 Å². The molecule has 27 heavy (non-hydrogen) atoms. The molecule has 0 saturated carbocycles. The van der Waals surface area contributed by atoms with E-state index in [1.54, 1.807) is 7.11 Å². The third-order valence-corrected chi connectivity index (χ3v) is 4.84. The Hall–Kier alpha value is -1.71. The van der Waals surface area contributed by atoms with Crippen LogP contribution in [-0.4, -0.2) is 84.3 Å². The Kier molecular flexibility index (Phi) is 8.46. The summed E-state index contributed by atoms with van der Waals surface area (Å²) in [7, 11) is 3.67.